The monoisotopic (exact) mass is 335 g/mol. The number of carbonyl (C=O) groups excluding carboxylic acids is 1. The summed E-state index contributed by atoms with van der Waals surface area (Å²) in [4.78, 5) is 25.8. The molecule has 1 atom stereocenters. The van der Waals surface area contributed by atoms with E-state index in [1.807, 2.05) is 0 Å². The van der Waals surface area contributed by atoms with Crippen LogP contribution in [0.2, 0.25) is 0 Å². The number of thiophene rings is 1. The van der Waals surface area contributed by atoms with E-state index in [-0.39, 0.29) is 24.1 Å². The largest absolute Gasteiger partial charge is 0.481 e. The molecule has 1 aliphatic rings. The fourth-order valence-corrected chi connectivity index (χ4v) is 4.10. The standard InChI is InChI=1S/C17H18FNO3S/c18-13-4-5-14-12(8-13)9-15(23-14)17(22)19-7-1-2-11(10-19)3-6-16(20)21/h4-5,8-9,11H,1-3,6-7,10H2,(H,20,21). The van der Waals surface area contributed by atoms with Crippen molar-refractivity contribution in [3.05, 3.63) is 35.0 Å². The second-order valence-electron chi connectivity index (χ2n) is 5.98. The first-order chi connectivity index (χ1) is 11.0. The molecule has 1 amide bonds. The van der Waals surface area contributed by atoms with E-state index in [4.69, 9.17) is 5.11 Å². The van der Waals surface area contributed by atoms with E-state index in [1.165, 1.54) is 23.5 Å². The van der Waals surface area contributed by atoms with Gasteiger partial charge in [-0.25, -0.2) is 4.39 Å². The summed E-state index contributed by atoms with van der Waals surface area (Å²) in [5.74, 6) is -0.886. The van der Waals surface area contributed by atoms with Crippen molar-refractivity contribution < 1.29 is 19.1 Å². The highest BCUT2D eigenvalue weighted by Crippen LogP contribution is 2.29. The molecule has 2 heterocycles. The maximum absolute atomic E-state index is 13.3. The Morgan fingerprint density at radius 3 is 2.96 bits per heavy atom. The highest BCUT2D eigenvalue weighted by atomic mass is 32.1. The number of aliphatic carboxylic acids is 1. The second-order valence-corrected chi connectivity index (χ2v) is 7.07. The highest BCUT2D eigenvalue weighted by molar-refractivity contribution is 7.20. The number of nitrogens with zero attached hydrogens (tertiary/aromatic N) is 1. The van der Waals surface area contributed by atoms with Crippen LogP contribution in [0, 0.1) is 11.7 Å². The van der Waals surface area contributed by atoms with Crippen molar-refractivity contribution in [1.29, 1.82) is 0 Å². The van der Waals surface area contributed by atoms with Crippen LogP contribution < -0.4 is 0 Å². The molecule has 2 aromatic rings. The molecule has 1 aromatic heterocycles. The minimum Gasteiger partial charge on any atom is -0.481 e. The lowest BCUT2D eigenvalue weighted by Crippen LogP contribution is -2.39. The van der Waals surface area contributed by atoms with Crippen LogP contribution in [-0.2, 0) is 4.79 Å². The summed E-state index contributed by atoms with van der Waals surface area (Å²) in [6.45, 7) is 1.31. The maximum atomic E-state index is 13.3. The summed E-state index contributed by atoms with van der Waals surface area (Å²) in [7, 11) is 0. The summed E-state index contributed by atoms with van der Waals surface area (Å²) in [6.07, 6.45) is 2.62. The van der Waals surface area contributed by atoms with Gasteiger partial charge in [-0.1, -0.05) is 0 Å². The van der Waals surface area contributed by atoms with Crippen molar-refractivity contribution in [1.82, 2.24) is 4.90 Å². The molecule has 6 heteroatoms. The van der Waals surface area contributed by atoms with Crippen LogP contribution in [0.4, 0.5) is 4.39 Å². The molecular formula is C17H18FNO3S. The number of rotatable bonds is 4. The van der Waals surface area contributed by atoms with Crippen LogP contribution in [-0.4, -0.2) is 35.0 Å². The summed E-state index contributed by atoms with van der Waals surface area (Å²) < 4.78 is 14.2. The Bertz CT molecular complexity index is 743. The van der Waals surface area contributed by atoms with Gasteiger partial charge in [0.1, 0.15) is 5.82 Å². The van der Waals surface area contributed by atoms with Gasteiger partial charge in [0.2, 0.25) is 0 Å². The topological polar surface area (TPSA) is 57.6 Å². The van der Waals surface area contributed by atoms with Crippen LogP contribution in [0.25, 0.3) is 10.1 Å². The Morgan fingerprint density at radius 2 is 2.17 bits per heavy atom. The number of carboxylic acids is 1. The average Bonchev–Trinajstić information content (AvgIpc) is 2.95. The molecule has 122 valence electrons. The van der Waals surface area contributed by atoms with E-state index >= 15 is 0 Å². The Hall–Kier alpha value is -1.95. The van der Waals surface area contributed by atoms with Crippen molar-refractivity contribution in [3.63, 3.8) is 0 Å². The van der Waals surface area contributed by atoms with Gasteiger partial charge < -0.3 is 10.0 Å². The number of piperidine rings is 1. The van der Waals surface area contributed by atoms with E-state index in [0.29, 0.717) is 24.4 Å². The number of carbonyl (C=O) groups is 2. The van der Waals surface area contributed by atoms with E-state index in [9.17, 15) is 14.0 Å². The molecule has 1 N–H and O–H groups in total. The van der Waals surface area contributed by atoms with Gasteiger partial charge in [-0.05, 0) is 54.8 Å². The van der Waals surface area contributed by atoms with Crippen molar-refractivity contribution in [2.75, 3.05) is 13.1 Å². The summed E-state index contributed by atoms with van der Waals surface area (Å²) in [5, 5.41) is 9.54. The molecule has 0 aliphatic carbocycles. The normalized spacial score (nSPS) is 18.3. The maximum Gasteiger partial charge on any atom is 0.303 e. The Morgan fingerprint density at radius 1 is 1.35 bits per heavy atom. The molecule has 23 heavy (non-hydrogen) atoms. The van der Waals surface area contributed by atoms with Gasteiger partial charge in [0.15, 0.2) is 0 Å². The lowest BCUT2D eigenvalue weighted by molar-refractivity contribution is -0.137. The first-order valence-electron chi connectivity index (χ1n) is 7.73. The molecule has 0 spiro atoms. The number of hydrogen-bond donors (Lipinski definition) is 1. The number of halogens is 1. The third-order valence-electron chi connectivity index (χ3n) is 4.26. The van der Waals surface area contributed by atoms with Gasteiger partial charge in [-0.3, -0.25) is 9.59 Å². The smallest absolute Gasteiger partial charge is 0.303 e. The summed E-state index contributed by atoms with van der Waals surface area (Å²) in [6, 6.07) is 6.27. The molecule has 1 saturated heterocycles. The molecule has 0 saturated carbocycles. The van der Waals surface area contributed by atoms with Crippen molar-refractivity contribution in [2.45, 2.75) is 25.7 Å². The molecule has 1 unspecified atom stereocenters. The Labute approximate surface area is 137 Å². The zero-order valence-corrected chi connectivity index (χ0v) is 13.4. The number of amides is 1. The van der Waals surface area contributed by atoms with Gasteiger partial charge in [0.25, 0.3) is 5.91 Å². The molecule has 1 aromatic carbocycles. The van der Waals surface area contributed by atoms with Crippen LogP contribution >= 0.6 is 11.3 Å². The summed E-state index contributed by atoms with van der Waals surface area (Å²) >= 11 is 1.38. The predicted octanol–water partition coefficient (Wildman–Crippen LogP) is 3.76. The van der Waals surface area contributed by atoms with Gasteiger partial charge in [0.05, 0.1) is 4.88 Å². The molecule has 1 aliphatic heterocycles. The molecule has 0 radical (unpaired) electrons. The first-order valence-corrected chi connectivity index (χ1v) is 8.55. The lowest BCUT2D eigenvalue weighted by Gasteiger charge is -2.32. The Kier molecular flexibility index (Phi) is 4.61. The number of hydrogen-bond acceptors (Lipinski definition) is 3. The predicted molar refractivity (Wildman–Crippen MR) is 87.3 cm³/mol. The fraction of sp³-hybridized carbons (Fsp3) is 0.412. The fourth-order valence-electron chi connectivity index (χ4n) is 3.09. The third-order valence-corrected chi connectivity index (χ3v) is 5.37. The molecule has 0 bridgehead atoms. The zero-order chi connectivity index (χ0) is 16.4. The average molecular weight is 335 g/mol. The van der Waals surface area contributed by atoms with E-state index < -0.39 is 5.97 Å². The SMILES string of the molecule is O=C(O)CCC1CCCN(C(=O)c2cc3cc(F)ccc3s2)C1. The van der Waals surface area contributed by atoms with E-state index in [0.717, 1.165) is 22.9 Å². The highest BCUT2D eigenvalue weighted by Gasteiger charge is 2.25. The first kappa shape index (κ1) is 15.9. The minimum absolute atomic E-state index is 0.0355. The minimum atomic E-state index is -0.792. The second kappa shape index (κ2) is 6.66. The molecule has 4 nitrogen and oxygen atoms in total. The Balaban J connectivity index is 1.71. The number of benzene rings is 1. The number of carboxylic acid groups (broad SMARTS) is 1. The van der Waals surface area contributed by atoms with Crippen LogP contribution in [0.1, 0.15) is 35.4 Å². The third kappa shape index (κ3) is 3.69. The molecule has 3 rings (SSSR count). The van der Waals surface area contributed by atoms with Gasteiger partial charge >= 0.3 is 5.97 Å². The summed E-state index contributed by atoms with van der Waals surface area (Å²) in [5.41, 5.74) is 0. The number of likely N-dealkylation sites (tertiary alicyclic amines) is 1. The van der Waals surface area contributed by atoms with Gasteiger partial charge in [-0.15, -0.1) is 11.3 Å². The van der Waals surface area contributed by atoms with Crippen LogP contribution in [0.3, 0.4) is 0 Å². The van der Waals surface area contributed by atoms with Crippen LogP contribution in [0.15, 0.2) is 24.3 Å². The van der Waals surface area contributed by atoms with Crippen molar-refractivity contribution in [2.24, 2.45) is 5.92 Å². The van der Waals surface area contributed by atoms with Gasteiger partial charge in [-0.2, -0.15) is 0 Å². The quantitative estimate of drug-likeness (QED) is 0.925. The lowest BCUT2D eigenvalue weighted by atomic mass is 9.93. The van der Waals surface area contributed by atoms with Crippen molar-refractivity contribution >= 4 is 33.3 Å². The zero-order valence-electron chi connectivity index (χ0n) is 12.6. The number of fused-ring (bicyclic) bond motifs is 1. The van der Waals surface area contributed by atoms with Crippen LogP contribution in [0.5, 0.6) is 0 Å². The van der Waals surface area contributed by atoms with E-state index in [2.05, 4.69) is 0 Å². The van der Waals surface area contributed by atoms with Gasteiger partial charge in [0, 0.05) is 24.2 Å². The molecular weight excluding hydrogens is 317 g/mol. The van der Waals surface area contributed by atoms with Crippen molar-refractivity contribution in [3.8, 4) is 0 Å². The van der Waals surface area contributed by atoms with E-state index in [1.54, 1.807) is 17.0 Å². The molecule has 1 fully saturated rings.